The Morgan fingerprint density at radius 3 is 2.50 bits per heavy atom. The summed E-state index contributed by atoms with van der Waals surface area (Å²) in [7, 11) is -0.351. The molecule has 1 aliphatic rings. The van der Waals surface area contributed by atoms with Gasteiger partial charge in [-0.3, -0.25) is 0 Å². The predicted octanol–water partition coefficient (Wildman–Crippen LogP) is 0.759. The quantitative estimate of drug-likeness (QED) is 0.601. The Bertz CT molecular complexity index is 597. The van der Waals surface area contributed by atoms with Gasteiger partial charge in [-0.1, -0.05) is 0 Å². The number of sulfonamides is 1. The molecule has 0 aromatic heterocycles. The maximum Gasteiger partial charge on any atom is 0.240 e. The first-order valence-electron chi connectivity index (χ1n) is 7.97. The van der Waals surface area contributed by atoms with E-state index in [-0.39, 0.29) is 10.4 Å². The van der Waals surface area contributed by atoms with Crippen LogP contribution in [-0.2, 0) is 19.5 Å². The summed E-state index contributed by atoms with van der Waals surface area (Å²) in [4.78, 5) is 0.215. The molecule has 0 spiro atoms. The molecule has 1 heterocycles. The van der Waals surface area contributed by atoms with Gasteiger partial charge in [0.15, 0.2) is 0 Å². The molecule has 7 nitrogen and oxygen atoms in total. The van der Waals surface area contributed by atoms with Gasteiger partial charge in [-0.05, 0) is 43.7 Å². The molecule has 24 heavy (non-hydrogen) atoms. The van der Waals surface area contributed by atoms with E-state index in [4.69, 9.17) is 14.2 Å². The minimum Gasteiger partial charge on any atom is -0.491 e. The Kier molecular flexibility index (Phi) is 7.00. The average Bonchev–Trinajstić information content (AvgIpc) is 3.03. The fraction of sp³-hybridized carbons (Fsp3) is 0.625. The topological polar surface area (TPSA) is 85.9 Å². The highest BCUT2D eigenvalue weighted by Crippen LogP contribution is 2.21. The van der Waals surface area contributed by atoms with Crippen LogP contribution in [0.15, 0.2) is 29.2 Å². The minimum atomic E-state index is -3.57. The number of methoxy groups -OCH3 is 2. The molecule has 1 aromatic carbocycles. The van der Waals surface area contributed by atoms with Crippen molar-refractivity contribution in [2.45, 2.75) is 23.3 Å². The van der Waals surface area contributed by atoms with Gasteiger partial charge >= 0.3 is 0 Å². The Morgan fingerprint density at radius 1 is 1.17 bits per heavy atom. The van der Waals surface area contributed by atoms with E-state index in [0.717, 1.165) is 19.4 Å². The van der Waals surface area contributed by atoms with Crippen LogP contribution in [0.2, 0.25) is 0 Å². The van der Waals surface area contributed by atoms with Crippen LogP contribution in [0.5, 0.6) is 5.75 Å². The first-order chi connectivity index (χ1) is 11.5. The van der Waals surface area contributed by atoms with E-state index in [2.05, 4.69) is 10.0 Å². The van der Waals surface area contributed by atoms with Crippen molar-refractivity contribution in [3.8, 4) is 5.75 Å². The Labute approximate surface area is 143 Å². The molecule has 0 aliphatic carbocycles. The molecule has 1 atom stereocenters. The molecule has 1 saturated heterocycles. The summed E-state index contributed by atoms with van der Waals surface area (Å²) in [6.07, 6.45) is 1.90. The van der Waals surface area contributed by atoms with Crippen LogP contribution in [0.1, 0.15) is 12.8 Å². The van der Waals surface area contributed by atoms with E-state index in [0.29, 0.717) is 32.1 Å². The zero-order valence-electron chi connectivity index (χ0n) is 14.2. The third-order valence-corrected chi connectivity index (χ3v) is 5.46. The largest absolute Gasteiger partial charge is 0.491 e. The molecular formula is C16H26N2O5S. The van der Waals surface area contributed by atoms with Gasteiger partial charge in [-0.2, -0.15) is 0 Å². The maximum absolute atomic E-state index is 12.5. The highest BCUT2D eigenvalue weighted by Gasteiger charge is 2.34. The van der Waals surface area contributed by atoms with Crippen molar-refractivity contribution in [1.29, 1.82) is 0 Å². The molecule has 1 aromatic rings. The first kappa shape index (κ1) is 19.1. The zero-order valence-corrected chi connectivity index (χ0v) is 15.0. The van der Waals surface area contributed by atoms with Crippen LogP contribution in [0.4, 0.5) is 0 Å². The van der Waals surface area contributed by atoms with Gasteiger partial charge in [0, 0.05) is 20.8 Å². The smallest absolute Gasteiger partial charge is 0.240 e. The molecule has 0 bridgehead atoms. The van der Waals surface area contributed by atoms with E-state index in [1.807, 2.05) is 0 Å². The van der Waals surface area contributed by atoms with E-state index >= 15 is 0 Å². The van der Waals surface area contributed by atoms with Crippen LogP contribution >= 0.6 is 0 Å². The third-order valence-electron chi connectivity index (χ3n) is 4.04. The van der Waals surface area contributed by atoms with Gasteiger partial charge in [0.1, 0.15) is 12.4 Å². The van der Waals surface area contributed by atoms with Crippen molar-refractivity contribution >= 4 is 10.0 Å². The third kappa shape index (κ3) is 5.15. The highest BCUT2D eigenvalue weighted by atomic mass is 32.2. The molecule has 1 fully saturated rings. The summed E-state index contributed by atoms with van der Waals surface area (Å²) in [5.41, 5.74) is -0.328. The van der Waals surface area contributed by atoms with Crippen molar-refractivity contribution in [2.24, 2.45) is 0 Å². The number of ether oxygens (including phenoxy) is 3. The lowest BCUT2D eigenvalue weighted by atomic mass is 9.99. The Hall–Kier alpha value is -1.19. The molecule has 1 unspecified atom stereocenters. The molecule has 136 valence electrons. The van der Waals surface area contributed by atoms with E-state index in [9.17, 15) is 8.42 Å². The lowest BCUT2D eigenvalue weighted by molar-refractivity contribution is 0.122. The van der Waals surface area contributed by atoms with E-state index in [1.54, 1.807) is 26.4 Å². The zero-order chi connectivity index (χ0) is 17.5. The van der Waals surface area contributed by atoms with Gasteiger partial charge in [-0.25, -0.2) is 13.1 Å². The molecule has 2 rings (SSSR count). The average molecular weight is 358 g/mol. The number of nitrogens with one attached hydrogen (secondary N) is 2. The second kappa shape index (κ2) is 8.77. The van der Waals surface area contributed by atoms with Gasteiger partial charge < -0.3 is 19.5 Å². The molecule has 0 amide bonds. The molecule has 2 N–H and O–H groups in total. The lowest BCUT2D eigenvalue weighted by Crippen LogP contribution is -2.52. The van der Waals surface area contributed by atoms with Crippen molar-refractivity contribution < 1.29 is 22.6 Å². The number of rotatable bonds is 10. The first-order valence-corrected chi connectivity index (χ1v) is 9.45. The van der Waals surface area contributed by atoms with Crippen molar-refractivity contribution in [3.05, 3.63) is 24.3 Å². The van der Waals surface area contributed by atoms with Gasteiger partial charge in [0.25, 0.3) is 0 Å². The highest BCUT2D eigenvalue weighted by molar-refractivity contribution is 7.89. The van der Waals surface area contributed by atoms with E-state index < -0.39 is 10.0 Å². The second-order valence-electron chi connectivity index (χ2n) is 5.88. The van der Waals surface area contributed by atoms with Crippen LogP contribution in [0.25, 0.3) is 0 Å². The monoisotopic (exact) mass is 358 g/mol. The maximum atomic E-state index is 12.5. The van der Waals surface area contributed by atoms with Crippen LogP contribution in [0.3, 0.4) is 0 Å². The SMILES string of the molecule is COCCOc1ccc(S(=O)(=O)NCC2(COC)CCCN2)cc1. The number of hydrogen-bond acceptors (Lipinski definition) is 6. The van der Waals surface area contributed by atoms with Crippen molar-refractivity contribution in [1.82, 2.24) is 10.0 Å². The molecule has 1 aliphatic heterocycles. The molecule has 0 saturated carbocycles. The van der Waals surface area contributed by atoms with Crippen LogP contribution in [-0.4, -0.2) is 61.1 Å². The summed E-state index contributed by atoms with van der Waals surface area (Å²) >= 11 is 0. The van der Waals surface area contributed by atoms with Gasteiger partial charge in [0.05, 0.1) is 23.6 Å². The van der Waals surface area contributed by atoms with Crippen molar-refractivity contribution in [3.63, 3.8) is 0 Å². The summed E-state index contributed by atoms with van der Waals surface area (Å²) in [6.45, 7) is 2.55. The summed E-state index contributed by atoms with van der Waals surface area (Å²) < 4.78 is 43.2. The lowest BCUT2D eigenvalue weighted by Gasteiger charge is -2.28. The standard InChI is InChI=1S/C16H26N2O5S/c1-21-10-11-23-14-4-6-15(7-5-14)24(19,20)18-12-16(13-22-2)8-3-9-17-16/h4-7,17-18H,3,8-13H2,1-2H3. The predicted molar refractivity (Wildman–Crippen MR) is 90.8 cm³/mol. The van der Waals surface area contributed by atoms with Crippen LogP contribution in [0, 0.1) is 0 Å². The second-order valence-corrected chi connectivity index (χ2v) is 7.65. The van der Waals surface area contributed by atoms with Gasteiger partial charge in [-0.15, -0.1) is 0 Å². The molecule has 0 radical (unpaired) electrons. The molecular weight excluding hydrogens is 332 g/mol. The summed E-state index contributed by atoms with van der Waals surface area (Å²) in [6, 6.07) is 6.36. The van der Waals surface area contributed by atoms with Gasteiger partial charge in [0.2, 0.25) is 10.0 Å². The Morgan fingerprint density at radius 2 is 1.92 bits per heavy atom. The van der Waals surface area contributed by atoms with Crippen molar-refractivity contribution in [2.75, 3.05) is 47.1 Å². The fourth-order valence-corrected chi connectivity index (χ4v) is 3.87. The van der Waals surface area contributed by atoms with Crippen LogP contribution < -0.4 is 14.8 Å². The number of hydrogen-bond donors (Lipinski definition) is 2. The normalized spacial score (nSPS) is 21.1. The fourth-order valence-electron chi connectivity index (χ4n) is 2.74. The molecule has 8 heteroatoms. The minimum absolute atomic E-state index is 0.215. The number of benzene rings is 1. The summed E-state index contributed by atoms with van der Waals surface area (Å²) in [5, 5.41) is 3.35. The summed E-state index contributed by atoms with van der Waals surface area (Å²) in [5.74, 6) is 0.610. The van der Waals surface area contributed by atoms with E-state index in [1.165, 1.54) is 12.1 Å². The Balaban J connectivity index is 1.96.